The molecule has 3 heterocycles. The van der Waals surface area contributed by atoms with Crippen molar-refractivity contribution in [3.63, 3.8) is 0 Å². The van der Waals surface area contributed by atoms with Crippen LogP contribution in [-0.4, -0.2) is 65.9 Å². The predicted molar refractivity (Wildman–Crippen MR) is 205 cm³/mol. The van der Waals surface area contributed by atoms with Gasteiger partial charge < -0.3 is 35.8 Å². The number of fused-ring (bicyclic) bond motifs is 2. The van der Waals surface area contributed by atoms with Crippen LogP contribution in [0.2, 0.25) is 0 Å². The second-order valence-corrected chi connectivity index (χ2v) is 15.2. The first-order valence-corrected chi connectivity index (χ1v) is 19.6. The number of benzene rings is 3. The summed E-state index contributed by atoms with van der Waals surface area (Å²) in [7, 11) is -2.65. The number of thiophene rings is 1. The Labute approximate surface area is 312 Å². The van der Waals surface area contributed by atoms with E-state index in [-0.39, 0.29) is 12.3 Å². The smallest absolute Gasteiger partial charge is 0.354 e. The van der Waals surface area contributed by atoms with E-state index >= 15 is 0 Å². The van der Waals surface area contributed by atoms with Crippen LogP contribution in [0.5, 0.6) is 0 Å². The maximum atomic E-state index is 13.6. The zero-order chi connectivity index (χ0) is 39.2. The van der Waals surface area contributed by atoms with Crippen LogP contribution in [0.1, 0.15) is 66.2 Å². The Kier molecular flexibility index (Phi) is 16.4. The van der Waals surface area contributed by atoms with Crippen LogP contribution in [0.4, 0.5) is 14.5 Å². The number of aldehydes is 1. The van der Waals surface area contributed by atoms with E-state index < -0.39 is 18.8 Å². The number of halogens is 2. The molecule has 2 fully saturated rings. The molecule has 2 aliphatic rings. The fourth-order valence-corrected chi connectivity index (χ4v) is 7.70. The number of anilines is 1. The molecular formula is C38H47F2N4O7PS. The Morgan fingerprint density at radius 2 is 1.74 bits per heavy atom. The highest BCUT2D eigenvalue weighted by molar-refractivity contribution is 7.52. The molecule has 6 rings (SSSR count). The van der Waals surface area contributed by atoms with Gasteiger partial charge in [0.15, 0.2) is 0 Å². The third-order valence-electron chi connectivity index (χ3n) is 8.87. The van der Waals surface area contributed by atoms with Crippen LogP contribution in [0.3, 0.4) is 0 Å². The van der Waals surface area contributed by atoms with Gasteiger partial charge in [-0.25, -0.2) is 0 Å². The quantitative estimate of drug-likeness (QED) is 0.0947. The van der Waals surface area contributed by atoms with Gasteiger partial charge in [-0.3, -0.25) is 18.9 Å². The Hall–Kier alpha value is -4.33. The lowest BCUT2D eigenvalue weighted by atomic mass is 9.93. The van der Waals surface area contributed by atoms with E-state index in [9.17, 15) is 32.5 Å². The zero-order valence-corrected chi connectivity index (χ0v) is 31.7. The van der Waals surface area contributed by atoms with Crippen molar-refractivity contribution in [1.29, 1.82) is 0 Å². The third-order valence-corrected chi connectivity index (χ3v) is 11.0. The number of nitrogens with one attached hydrogen (secondary N) is 2. The first-order valence-electron chi connectivity index (χ1n) is 17.2. The van der Waals surface area contributed by atoms with E-state index in [1.807, 2.05) is 48.5 Å². The standard InChI is InChI=1S/C15H13NO2.C11H10F2NO4PS.C11H19NO.CH5N/c17-9-8-14-10-13(6-7-15(14)16-11-18)12-4-2-1-3-5-12;1-14-10(15)9-5-6-4-7(2-3-8(6)20-9)11(12,13)19(16,17)18;1-9-4-2-6-11(13)12-7-3-5-10(12)8-9;1-2/h1-7,9-11H,8H2,(H,16,18);2-5H,1H3,(H,14,15)(H2,16,17,18);9-10H,2-8H2,1H3;2H2,1H3/t;;9?,10-;/m..1./s1. The molecule has 15 heteroatoms. The normalized spacial score (nSPS) is 16.9. The largest absolute Gasteiger partial charge is 0.399 e. The van der Waals surface area contributed by atoms with Gasteiger partial charge in [0.05, 0.1) is 4.88 Å². The second-order valence-electron chi connectivity index (χ2n) is 12.5. The summed E-state index contributed by atoms with van der Waals surface area (Å²) >= 11 is 1.11. The average molecular weight is 773 g/mol. The topological polar surface area (TPSA) is 179 Å². The summed E-state index contributed by atoms with van der Waals surface area (Å²) in [6.07, 6.45) is 8.59. The summed E-state index contributed by atoms with van der Waals surface area (Å²) in [6.45, 7) is 3.35. The molecule has 1 unspecified atom stereocenters. The number of alkyl halides is 2. The van der Waals surface area contributed by atoms with Crippen molar-refractivity contribution in [2.45, 2.75) is 63.6 Å². The molecule has 4 aromatic rings. The first-order chi connectivity index (χ1) is 25.3. The maximum Gasteiger partial charge on any atom is 0.399 e. The summed E-state index contributed by atoms with van der Waals surface area (Å²) in [6, 6.07) is 20.8. The third kappa shape index (κ3) is 11.6. The van der Waals surface area contributed by atoms with Crippen LogP contribution in [0, 0.1) is 5.92 Å². The van der Waals surface area contributed by atoms with Crippen LogP contribution in [0.25, 0.3) is 21.2 Å². The molecule has 2 atom stereocenters. The molecule has 6 N–H and O–H groups in total. The lowest BCUT2D eigenvalue weighted by Crippen LogP contribution is -2.37. The Morgan fingerprint density at radius 1 is 1.02 bits per heavy atom. The number of rotatable bonds is 8. The number of nitrogens with two attached hydrogens (primary N) is 1. The molecule has 286 valence electrons. The SMILES string of the molecule is CC1CCCC(=O)N2CCC[C@@H]2C1.CN.CNC(=O)c1cc2cc(C(F)(F)P(=O)(O)O)ccc2s1.O=CCc1cc(-c2ccccc2)ccc1NC=O. The molecule has 2 saturated heterocycles. The van der Waals surface area contributed by atoms with Gasteiger partial charge in [-0.15, -0.1) is 11.3 Å². The number of nitrogens with zero attached hydrogens (tertiary/aromatic N) is 1. The van der Waals surface area contributed by atoms with Crippen molar-refractivity contribution in [3.05, 3.63) is 88.8 Å². The number of hydrogen-bond donors (Lipinski definition) is 5. The van der Waals surface area contributed by atoms with Gasteiger partial charge in [0.2, 0.25) is 12.3 Å². The molecule has 0 spiro atoms. The molecule has 3 amide bonds. The van der Waals surface area contributed by atoms with Crippen molar-refractivity contribution in [2.75, 3.05) is 26.0 Å². The fraction of sp³-hybridized carbons (Fsp3) is 0.368. The minimum Gasteiger partial charge on any atom is -0.354 e. The molecule has 0 saturated carbocycles. The van der Waals surface area contributed by atoms with Crippen molar-refractivity contribution in [1.82, 2.24) is 10.2 Å². The van der Waals surface area contributed by atoms with Crippen molar-refractivity contribution < 1.29 is 42.3 Å². The Morgan fingerprint density at radius 3 is 2.38 bits per heavy atom. The number of hydrogen-bond acceptors (Lipinski definition) is 7. The van der Waals surface area contributed by atoms with Gasteiger partial charge in [0, 0.05) is 48.4 Å². The van der Waals surface area contributed by atoms with Crippen LogP contribution in [0.15, 0.2) is 72.8 Å². The Bertz CT molecular complexity index is 1890. The van der Waals surface area contributed by atoms with E-state index in [4.69, 9.17) is 9.79 Å². The minimum absolute atomic E-state index is 0.289. The fourth-order valence-electron chi connectivity index (χ4n) is 6.24. The van der Waals surface area contributed by atoms with Crippen molar-refractivity contribution >= 4 is 59.2 Å². The zero-order valence-electron chi connectivity index (χ0n) is 30.0. The van der Waals surface area contributed by atoms with Crippen molar-refractivity contribution in [2.24, 2.45) is 11.7 Å². The lowest BCUT2D eigenvalue weighted by molar-refractivity contribution is -0.133. The molecule has 3 aromatic carbocycles. The van der Waals surface area contributed by atoms with Gasteiger partial charge in [0.25, 0.3) is 5.91 Å². The van der Waals surface area contributed by atoms with Gasteiger partial charge in [-0.1, -0.05) is 55.8 Å². The monoisotopic (exact) mass is 772 g/mol. The first kappa shape index (κ1) is 43.1. The maximum absolute atomic E-state index is 13.6. The summed E-state index contributed by atoms with van der Waals surface area (Å²) in [5, 5.41) is 5.34. The minimum atomic E-state index is -5.60. The molecule has 0 bridgehead atoms. The van der Waals surface area contributed by atoms with Gasteiger partial charge in [0.1, 0.15) is 6.29 Å². The molecule has 11 nitrogen and oxygen atoms in total. The van der Waals surface area contributed by atoms with Gasteiger partial charge in [-0.05, 0) is 91.1 Å². The number of carbonyl (C=O) groups is 4. The summed E-state index contributed by atoms with van der Waals surface area (Å²) in [5.74, 6) is 0.877. The molecule has 1 aromatic heterocycles. The summed E-state index contributed by atoms with van der Waals surface area (Å²) in [4.78, 5) is 64.2. The van der Waals surface area contributed by atoms with E-state index in [0.717, 1.165) is 71.8 Å². The highest BCUT2D eigenvalue weighted by Gasteiger charge is 2.50. The molecule has 0 aliphatic carbocycles. The molecule has 2 aliphatic heterocycles. The van der Waals surface area contributed by atoms with E-state index in [2.05, 4.69) is 28.2 Å². The van der Waals surface area contributed by atoms with Crippen LogP contribution >= 0.6 is 18.9 Å². The second kappa shape index (κ2) is 20.2. The number of carbonyl (C=O) groups excluding carboxylic acids is 4. The van der Waals surface area contributed by atoms with Crippen molar-refractivity contribution in [3.8, 4) is 11.1 Å². The van der Waals surface area contributed by atoms with Gasteiger partial charge in [-0.2, -0.15) is 8.78 Å². The van der Waals surface area contributed by atoms with E-state index in [0.29, 0.717) is 39.0 Å². The molecular weight excluding hydrogens is 725 g/mol. The molecule has 53 heavy (non-hydrogen) atoms. The van der Waals surface area contributed by atoms with Crippen LogP contribution in [-0.2, 0) is 31.0 Å². The summed E-state index contributed by atoms with van der Waals surface area (Å²) < 4.78 is 38.6. The highest BCUT2D eigenvalue weighted by atomic mass is 32.1. The van der Waals surface area contributed by atoms with E-state index in [1.54, 1.807) is 0 Å². The molecule has 0 radical (unpaired) electrons. The number of amides is 3. The Balaban J connectivity index is 0.000000213. The lowest BCUT2D eigenvalue weighted by Gasteiger charge is -2.29. The predicted octanol–water partition coefficient (Wildman–Crippen LogP) is 6.91. The highest BCUT2D eigenvalue weighted by Crippen LogP contribution is 2.59. The summed E-state index contributed by atoms with van der Waals surface area (Å²) in [5.41, 5.74) is 3.08. The van der Waals surface area contributed by atoms with Gasteiger partial charge >= 0.3 is 13.3 Å². The van der Waals surface area contributed by atoms with Crippen LogP contribution < -0.4 is 16.4 Å². The van der Waals surface area contributed by atoms with E-state index in [1.165, 1.54) is 51.9 Å². The average Bonchev–Trinajstić information content (AvgIpc) is 3.79.